The predicted molar refractivity (Wildman–Crippen MR) is 83.2 cm³/mol. The average molecular weight is 307 g/mol. The number of rotatable bonds is 9. The number of unbranched alkanes of at least 4 members (excludes halogenated alkanes) is 1. The van der Waals surface area contributed by atoms with E-state index in [1.807, 2.05) is 6.92 Å². The van der Waals surface area contributed by atoms with Gasteiger partial charge in [-0.15, -0.1) is 0 Å². The van der Waals surface area contributed by atoms with Crippen molar-refractivity contribution in [2.45, 2.75) is 58.4 Å². The summed E-state index contributed by atoms with van der Waals surface area (Å²) in [6.45, 7) is 4.26. The van der Waals surface area contributed by atoms with Gasteiger partial charge < -0.3 is 14.7 Å². The maximum absolute atomic E-state index is 12.7. The Balaban J connectivity index is 1.93. The second kappa shape index (κ2) is 7.96. The molecule has 22 heavy (non-hydrogen) atoms. The molecule has 1 heterocycles. The first-order valence-electron chi connectivity index (χ1n) is 8.16. The molecular weight excluding hydrogens is 282 g/mol. The summed E-state index contributed by atoms with van der Waals surface area (Å²) in [4.78, 5) is 26.6. The minimum atomic E-state index is -0.223. The van der Waals surface area contributed by atoms with E-state index in [1.54, 1.807) is 11.0 Å². The molecule has 0 radical (unpaired) electrons. The third-order valence-electron chi connectivity index (χ3n) is 4.04. The molecule has 1 atom stereocenters. The Morgan fingerprint density at radius 2 is 2.23 bits per heavy atom. The fraction of sp³-hybridized carbons (Fsp3) is 0.688. The van der Waals surface area contributed by atoms with Gasteiger partial charge in [0, 0.05) is 18.0 Å². The molecule has 122 valence electrons. The van der Waals surface area contributed by atoms with Crippen LogP contribution in [0.1, 0.15) is 52.4 Å². The Morgan fingerprint density at radius 3 is 2.77 bits per heavy atom. The Morgan fingerprint density at radius 1 is 1.45 bits per heavy atom. The van der Waals surface area contributed by atoms with Gasteiger partial charge in [-0.1, -0.05) is 31.8 Å². The van der Waals surface area contributed by atoms with Crippen LogP contribution in [0.15, 0.2) is 16.9 Å². The normalized spacial score (nSPS) is 15.4. The number of amides is 2. The number of carbonyl (C=O) groups excluding carboxylic acids is 2. The minimum absolute atomic E-state index is 0.0281. The van der Waals surface area contributed by atoms with Crippen LogP contribution in [0.25, 0.3) is 0 Å². The first-order valence-corrected chi connectivity index (χ1v) is 8.16. The number of aromatic nitrogens is 1. The SMILES string of the molecule is CCCC[C@@H](CC)C(=O)N(CC(=O)Nc1ccon1)C1CC1. The van der Waals surface area contributed by atoms with Crippen LogP contribution < -0.4 is 5.32 Å². The fourth-order valence-corrected chi connectivity index (χ4v) is 2.57. The van der Waals surface area contributed by atoms with Gasteiger partial charge in [-0.25, -0.2) is 0 Å². The number of nitrogens with zero attached hydrogens (tertiary/aromatic N) is 2. The quantitative estimate of drug-likeness (QED) is 0.761. The van der Waals surface area contributed by atoms with Gasteiger partial charge in [0.25, 0.3) is 0 Å². The summed E-state index contributed by atoms with van der Waals surface area (Å²) in [7, 11) is 0. The smallest absolute Gasteiger partial charge is 0.245 e. The summed E-state index contributed by atoms with van der Waals surface area (Å²) in [5.74, 6) is 0.305. The van der Waals surface area contributed by atoms with E-state index in [1.165, 1.54) is 6.26 Å². The lowest BCUT2D eigenvalue weighted by molar-refractivity contribution is -0.139. The summed E-state index contributed by atoms with van der Waals surface area (Å²) in [6, 6.07) is 1.81. The standard InChI is InChI=1S/C16H25N3O3/c1-3-5-6-12(4-2)16(21)19(13-7-8-13)11-15(20)17-14-9-10-22-18-14/h9-10,12-13H,3-8,11H2,1-2H3,(H,17,18,20)/t12-/m1/s1. The molecule has 2 amide bonds. The van der Waals surface area contributed by atoms with Gasteiger partial charge in [0.1, 0.15) is 12.8 Å². The minimum Gasteiger partial charge on any atom is -0.363 e. The van der Waals surface area contributed by atoms with E-state index in [2.05, 4.69) is 21.9 Å². The molecule has 1 saturated carbocycles. The second-order valence-corrected chi connectivity index (χ2v) is 5.88. The zero-order valence-corrected chi connectivity index (χ0v) is 13.4. The Hall–Kier alpha value is -1.85. The van der Waals surface area contributed by atoms with Gasteiger partial charge >= 0.3 is 0 Å². The molecule has 1 aromatic rings. The Bertz CT molecular complexity index is 483. The highest BCUT2D eigenvalue weighted by molar-refractivity contribution is 5.94. The van der Waals surface area contributed by atoms with Crippen molar-refractivity contribution >= 4 is 17.6 Å². The fourth-order valence-electron chi connectivity index (χ4n) is 2.57. The van der Waals surface area contributed by atoms with Gasteiger partial charge in [0.05, 0.1) is 0 Å². The first kappa shape index (κ1) is 16.5. The summed E-state index contributed by atoms with van der Waals surface area (Å²) in [5, 5.41) is 6.30. The van der Waals surface area contributed by atoms with Crippen molar-refractivity contribution < 1.29 is 14.1 Å². The molecule has 1 fully saturated rings. The molecule has 0 saturated heterocycles. The summed E-state index contributed by atoms with van der Waals surface area (Å²) < 4.78 is 4.68. The van der Waals surface area contributed by atoms with Crippen LogP contribution in [-0.2, 0) is 9.59 Å². The third-order valence-corrected chi connectivity index (χ3v) is 4.04. The summed E-state index contributed by atoms with van der Waals surface area (Å²) in [5.41, 5.74) is 0. The lowest BCUT2D eigenvalue weighted by Gasteiger charge is -2.26. The van der Waals surface area contributed by atoms with Gasteiger partial charge in [-0.05, 0) is 25.7 Å². The van der Waals surface area contributed by atoms with Crippen LogP contribution in [0, 0.1) is 5.92 Å². The predicted octanol–water partition coefficient (Wildman–Crippen LogP) is 2.82. The highest BCUT2D eigenvalue weighted by atomic mass is 16.5. The van der Waals surface area contributed by atoms with Crippen LogP contribution in [0.4, 0.5) is 5.82 Å². The van der Waals surface area contributed by atoms with Crippen molar-refractivity contribution in [3.05, 3.63) is 12.3 Å². The van der Waals surface area contributed by atoms with Crippen molar-refractivity contribution in [2.75, 3.05) is 11.9 Å². The zero-order chi connectivity index (χ0) is 15.9. The summed E-state index contributed by atoms with van der Waals surface area (Å²) >= 11 is 0. The second-order valence-electron chi connectivity index (χ2n) is 5.88. The Kier molecular flexibility index (Phi) is 5.98. The number of anilines is 1. The van der Waals surface area contributed by atoms with Crippen molar-refractivity contribution in [1.29, 1.82) is 0 Å². The molecule has 0 aromatic carbocycles. The molecular formula is C16H25N3O3. The summed E-state index contributed by atoms with van der Waals surface area (Å²) in [6.07, 6.45) is 7.25. The molecule has 2 rings (SSSR count). The maximum Gasteiger partial charge on any atom is 0.245 e. The van der Waals surface area contributed by atoms with Crippen LogP contribution in [0.2, 0.25) is 0 Å². The van der Waals surface area contributed by atoms with E-state index in [9.17, 15) is 9.59 Å². The highest BCUT2D eigenvalue weighted by Crippen LogP contribution is 2.29. The number of nitrogens with one attached hydrogen (secondary N) is 1. The van der Waals surface area contributed by atoms with Crippen molar-refractivity contribution in [3.63, 3.8) is 0 Å². The Labute approximate surface area is 131 Å². The molecule has 0 spiro atoms. The molecule has 0 aliphatic heterocycles. The van der Waals surface area contributed by atoms with E-state index >= 15 is 0 Å². The van der Waals surface area contributed by atoms with Gasteiger partial charge in [-0.2, -0.15) is 0 Å². The number of hydrogen-bond acceptors (Lipinski definition) is 4. The van der Waals surface area contributed by atoms with Crippen molar-refractivity contribution in [2.24, 2.45) is 5.92 Å². The maximum atomic E-state index is 12.7. The molecule has 0 bridgehead atoms. The molecule has 6 nitrogen and oxygen atoms in total. The van der Waals surface area contributed by atoms with Crippen LogP contribution in [0.5, 0.6) is 0 Å². The van der Waals surface area contributed by atoms with E-state index in [4.69, 9.17) is 0 Å². The largest absolute Gasteiger partial charge is 0.363 e. The van der Waals surface area contributed by atoms with Crippen LogP contribution in [-0.4, -0.2) is 34.5 Å². The average Bonchev–Trinajstić information content (AvgIpc) is 3.23. The lowest BCUT2D eigenvalue weighted by atomic mass is 9.97. The number of hydrogen-bond donors (Lipinski definition) is 1. The van der Waals surface area contributed by atoms with E-state index in [0.29, 0.717) is 5.82 Å². The monoisotopic (exact) mass is 307 g/mol. The zero-order valence-electron chi connectivity index (χ0n) is 13.4. The highest BCUT2D eigenvalue weighted by Gasteiger charge is 2.36. The lowest BCUT2D eigenvalue weighted by Crippen LogP contribution is -2.42. The van der Waals surface area contributed by atoms with Crippen LogP contribution >= 0.6 is 0 Å². The molecule has 6 heteroatoms. The van der Waals surface area contributed by atoms with E-state index < -0.39 is 0 Å². The molecule has 0 unspecified atom stereocenters. The van der Waals surface area contributed by atoms with E-state index in [0.717, 1.165) is 38.5 Å². The first-order chi connectivity index (χ1) is 10.7. The van der Waals surface area contributed by atoms with Crippen molar-refractivity contribution in [1.82, 2.24) is 10.1 Å². The third kappa shape index (κ3) is 4.58. The van der Waals surface area contributed by atoms with Crippen molar-refractivity contribution in [3.8, 4) is 0 Å². The number of carbonyl (C=O) groups is 2. The van der Waals surface area contributed by atoms with Crippen LogP contribution in [0.3, 0.4) is 0 Å². The molecule has 1 aliphatic carbocycles. The van der Waals surface area contributed by atoms with Gasteiger partial charge in [0.15, 0.2) is 5.82 Å². The molecule has 1 aliphatic rings. The molecule has 1 aromatic heterocycles. The van der Waals surface area contributed by atoms with Gasteiger partial charge in [-0.3, -0.25) is 9.59 Å². The van der Waals surface area contributed by atoms with E-state index in [-0.39, 0.29) is 30.3 Å². The topological polar surface area (TPSA) is 75.4 Å². The van der Waals surface area contributed by atoms with Gasteiger partial charge in [0.2, 0.25) is 11.8 Å². The molecule has 1 N–H and O–H groups in total.